The first kappa shape index (κ1) is 17.0. The molecule has 0 saturated carbocycles. The van der Waals surface area contributed by atoms with Gasteiger partial charge in [0, 0.05) is 12.7 Å². The number of nitrogens with zero attached hydrogens (tertiary/aromatic N) is 1. The van der Waals surface area contributed by atoms with Crippen molar-refractivity contribution in [3.63, 3.8) is 0 Å². The zero-order chi connectivity index (χ0) is 17.0. The second-order valence-electron chi connectivity index (χ2n) is 5.13. The van der Waals surface area contributed by atoms with E-state index >= 15 is 0 Å². The van der Waals surface area contributed by atoms with Crippen LogP contribution in [0.3, 0.4) is 0 Å². The van der Waals surface area contributed by atoms with Gasteiger partial charge in [0.25, 0.3) is 0 Å². The first-order valence-electron chi connectivity index (χ1n) is 6.84. The number of halogens is 1. The second-order valence-corrected chi connectivity index (χ2v) is 7.14. The molecule has 0 aromatic heterocycles. The maximum Gasteiger partial charge on any atom is 0.231 e. The monoisotopic (exact) mass is 336 g/mol. The molecule has 0 aliphatic carbocycles. The molecule has 0 saturated heterocycles. The van der Waals surface area contributed by atoms with Crippen molar-refractivity contribution >= 4 is 27.3 Å². The van der Waals surface area contributed by atoms with E-state index in [-0.39, 0.29) is 18.1 Å². The highest BCUT2D eigenvalue weighted by Gasteiger charge is 2.12. The number of nitrogens with one attached hydrogen (secondary N) is 1. The van der Waals surface area contributed by atoms with Crippen molar-refractivity contribution in [2.75, 3.05) is 22.9 Å². The highest BCUT2D eigenvalue weighted by atomic mass is 32.2. The van der Waals surface area contributed by atoms with Crippen LogP contribution in [0.5, 0.6) is 0 Å². The fourth-order valence-corrected chi connectivity index (χ4v) is 2.44. The van der Waals surface area contributed by atoms with Gasteiger partial charge in [-0.25, -0.2) is 12.8 Å². The largest absolute Gasteiger partial charge is 0.326 e. The fraction of sp³-hybridized carbons (Fsp3) is 0.188. The average Bonchev–Trinajstić information content (AvgIpc) is 2.49. The van der Waals surface area contributed by atoms with Crippen molar-refractivity contribution in [3.8, 4) is 0 Å². The molecule has 2 aromatic carbocycles. The van der Waals surface area contributed by atoms with E-state index in [9.17, 15) is 17.6 Å². The molecule has 0 heterocycles. The van der Waals surface area contributed by atoms with Crippen LogP contribution >= 0.6 is 0 Å². The lowest BCUT2D eigenvalue weighted by Gasteiger charge is -2.16. The van der Waals surface area contributed by atoms with Crippen LogP contribution in [-0.2, 0) is 21.2 Å². The summed E-state index contributed by atoms with van der Waals surface area (Å²) in [6, 6.07) is 12.2. The maximum absolute atomic E-state index is 12.8. The highest BCUT2D eigenvalue weighted by Crippen LogP contribution is 2.17. The molecule has 0 aliphatic rings. The number of anilines is 2. The molecule has 0 aliphatic heterocycles. The molecule has 7 heteroatoms. The molecule has 2 aromatic rings. The SMILES string of the molecule is CN(c1ccc(CC(=O)Nc2ccc(F)cc2)cc1)S(C)(=O)=O. The summed E-state index contributed by atoms with van der Waals surface area (Å²) < 4.78 is 36.9. The number of sulfonamides is 1. The highest BCUT2D eigenvalue weighted by molar-refractivity contribution is 7.92. The van der Waals surface area contributed by atoms with Gasteiger partial charge in [-0.2, -0.15) is 0 Å². The number of carbonyl (C=O) groups is 1. The number of amides is 1. The van der Waals surface area contributed by atoms with Crippen molar-refractivity contribution in [1.29, 1.82) is 0 Å². The molecule has 0 atom stereocenters. The summed E-state index contributed by atoms with van der Waals surface area (Å²) in [5.41, 5.74) is 1.79. The number of rotatable bonds is 5. The Kier molecular flexibility index (Phi) is 5.00. The standard InChI is InChI=1S/C16H17FN2O3S/c1-19(23(2,21)22)15-9-3-12(4-10-15)11-16(20)18-14-7-5-13(17)6-8-14/h3-10H,11H2,1-2H3,(H,18,20). The Labute approximate surface area is 134 Å². The van der Waals surface area contributed by atoms with E-state index in [0.29, 0.717) is 11.4 Å². The maximum atomic E-state index is 12.8. The second kappa shape index (κ2) is 6.78. The third-order valence-electron chi connectivity index (χ3n) is 3.29. The third-order valence-corrected chi connectivity index (χ3v) is 4.50. The summed E-state index contributed by atoms with van der Waals surface area (Å²) in [7, 11) is -1.85. The molecule has 0 bridgehead atoms. The zero-order valence-electron chi connectivity index (χ0n) is 12.8. The number of benzene rings is 2. The van der Waals surface area contributed by atoms with Gasteiger partial charge >= 0.3 is 0 Å². The topological polar surface area (TPSA) is 66.5 Å². The Morgan fingerprint density at radius 2 is 1.65 bits per heavy atom. The van der Waals surface area contributed by atoms with E-state index < -0.39 is 10.0 Å². The van der Waals surface area contributed by atoms with Crippen LogP contribution in [0, 0.1) is 5.82 Å². The molecule has 0 unspecified atom stereocenters. The first-order valence-corrected chi connectivity index (χ1v) is 8.69. The molecule has 0 fully saturated rings. The predicted octanol–water partition coefficient (Wildman–Crippen LogP) is 2.40. The minimum atomic E-state index is -3.31. The molecule has 1 amide bonds. The third kappa shape index (κ3) is 4.79. The normalized spacial score (nSPS) is 11.1. The lowest BCUT2D eigenvalue weighted by molar-refractivity contribution is -0.115. The average molecular weight is 336 g/mol. The summed E-state index contributed by atoms with van der Waals surface area (Å²) in [6.45, 7) is 0. The van der Waals surface area contributed by atoms with E-state index in [1.807, 2.05) is 0 Å². The quantitative estimate of drug-likeness (QED) is 0.912. The van der Waals surface area contributed by atoms with Crippen LogP contribution in [0.15, 0.2) is 48.5 Å². The van der Waals surface area contributed by atoms with Crippen LogP contribution in [0.25, 0.3) is 0 Å². The molecule has 0 spiro atoms. The minimum Gasteiger partial charge on any atom is -0.326 e. The van der Waals surface area contributed by atoms with Crippen LogP contribution in [0.4, 0.5) is 15.8 Å². The molecule has 5 nitrogen and oxygen atoms in total. The van der Waals surface area contributed by atoms with Gasteiger partial charge in [-0.15, -0.1) is 0 Å². The summed E-state index contributed by atoms with van der Waals surface area (Å²) in [6.07, 6.45) is 1.26. The lowest BCUT2D eigenvalue weighted by atomic mass is 10.1. The Morgan fingerprint density at radius 1 is 1.09 bits per heavy atom. The van der Waals surface area contributed by atoms with Crippen LogP contribution < -0.4 is 9.62 Å². The van der Waals surface area contributed by atoms with E-state index in [4.69, 9.17) is 0 Å². The number of hydrogen-bond acceptors (Lipinski definition) is 3. The van der Waals surface area contributed by atoms with Gasteiger partial charge in [-0.05, 0) is 42.0 Å². The van der Waals surface area contributed by atoms with E-state index in [2.05, 4.69) is 5.32 Å². The van der Waals surface area contributed by atoms with Gasteiger partial charge < -0.3 is 5.32 Å². The van der Waals surface area contributed by atoms with Gasteiger partial charge in [0.05, 0.1) is 18.4 Å². The number of hydrogen-bond donors (Lipinski definition) is 1. The smallest absolute Gasteiger partial charge is 0.231 e. The molecular formula is C16H17FN2O3S. The van der Waals surface area contributed by atoms with Gasteiger partial charge in [0.15, 0.2) is 0 Å². The molecule has 0 radical (unpaired) electrons. The summed E-state index contributed by atoms with van der Waals surface area (Å²) in [4.78, 5) is 11.9. The molecule has 122 valence electrons. The van der Waals surface area contributed by atoms with E-state index in [1.165, 1.54) is 31.3 Å². The first-order chi connectivity index (χ1) is 10.8. The minimum absolute atomic E-state index is 0.139. The molecule has 2 rings (SSSR count). The van der Waals surface area contributed by atoms with Crippen LogP contribution in [0.1, 0.15) is 5.56 Å². The Balaban J connectivity index is 2.00. The van der Waals surface area contributed by atoms with Crippen LogP contribution in [0.2, 0.25) is 0 Å². The van der Waals surface area contributed by atoms with Gasteiger partial charge in [0.2, 0.25) is 15.9 Å². The fourth-order valence-electron chi connectivity index (χ4n) is 1.94. The molecule has 1 N–H and O–H groups in total. The Hall–Kier alpha value is -2.41. The van der Waals surface area contributed by atoms with Crippen molar-refractivity contribution in [2.45, 2.75) is 6.42 Å². The Morgan fingerprint density at radius 3 is 2.17 bits per heavy atom. The lowest BCUT2D eigenvalue weighted by Crippen LogP contribution is -2.24. The van der Waals surface area contributed by atoms with E-state index in [0.717, 1.165) is 16.1 Å². The summed E-state index contributed by atoms with van der Waals surface area (Å²) in [5, 5.41) is 2.67. The molecular weight excluding hydrogens is 319 g/mol. The van der Waals surface area contributed by atoms with E-state index in [1.54, 1.807) is 24.3 Å². The zero-order valence-corrected chi connectivity index (χ0v) is 13.6. The number of carbonyl (C=O) groups excluding carboxylic acids is 1. The summed E-state index contributed by atoms with van der Waals surface area (Å²) >= 11 is 0. The van der Waals surface area contributed by atoms with Crippen LogP contribution in [-0.4, -0.2) is 27.6 Å². The summed E-state index contributed by atoms with van der Waals surface area (Å²) in [5.74, 6) is -0.602. The van der Waals surface area contributed by atoms with Crippen molar-refractivity contribution < 1.29 is 17.6 Å². The van der Waals surface area contributed by atoms with Gasteiger partial charge in [0.1, 0.15) is 5.82 Å². The van der Waals surface area contributed by atoms with Gasteiger partial charge in [-0.3, -0.25) is 9.10 Å². The van der Waals surface area contributed by atoms with Crippen molar-refractivity contribution in [1.82, 2.24) is 0 Å². The van der Waals surface area contributed by atoms with Gasteiger partial charge in [-0.1, -0.05) is 12.1 Å². The predicted molar refractivity (Wildman–Crippen MR) is 88.4 cm³/mol. The Bertz CT molecular complexity index is 787. The van der Waals surface area contributed by atoms with Crippen molar-refractivity contribution in [2.24, 2.45) is 0 Å². The molecule has 23 heavy (non-hydrogen) atoms. The van der Waals surface area contributed by atoms with Crippen molar-refractivity contribution in [3.05, 3.63) is 59.9 Å².